The SMILES string of the molecule is CSCCC(NC(=O)C(Cc1ccc(O)cc1)NC(=O)C(CO)NC(=O)C(N)Cc1cnc[nH]1)C(=O)O. The number of nitrogens with one attached hydrogen (secondary N) is 4. The maximum atomic E-state index is 13.0. The number of thioether (sulfide) groups is 1. The number of hydrogen-bond acceptors (Lipinski definition) is 9. The van der Waals surface area contributed by atoms with Crippen LogP contribution in [-0.2, 0) is 32.0 Å². The van der Waals surface area contributed by atoms with Crippen LogP contribution in [0.25, 0.3) is 0 Å². The van der Waals surface area contributed by atoms with Crippen LogP contribution in [0, 0.1) is 0 Å². The summed E-state index contributed by atoms with van der Waals surface area (Å²) in [5.41, 5.74) is 7.06. The second-order valence-electron chi connectivity index (χ2n) is 8.24. The second kappa shape index (κ2) is 14.8. The number of benzene rings is 1. The Morgan fingerprint density at radius 2 is 1.62 bits per heavy atom. The van der Waals surface area contributed by atoms with E-state index in [1.54, 1.807) is 18.4 Å². The van der Waals surface area contributed by atoms with Crippen LogP contribution in [0.15, 0.2) is 36.8 Å². The van der Waals surface area contributed by atoms with E-state index in [1.807, 2.05) is 0 Å². The van der Waals surface area contributed by atoms with E-state index >= 15 is 0 Å². The van der Waals surface area contributed by atoms with Crippen molar-refractivity contribution in [3.63, 3.8) is 0 Å². The molecule has 9 N–H and O–H groups in total. The first-order valence-corrected chi connectivity index (χ1v) is 12.8. The first-order chi connectivity index (χ1) is 17.6. The van der Waals surface area contributed by atoms with Crippen molar-refractivity contribution >= 4 is 35.5 Å². The number of amides is 3. The number of aliphatic carboxylic acids is 1. The van der Waals surface area contributed by atoms with E-state index in [9.17, 15) is 34.5 Å². The number of imidazole rings is 1. The molecular weight excluding hydrogens is 504 g/mol. The monoisotopic (exact) mass is 536 g/mol. The van der Waals surface area contributed by atoms with Crippen LogP contribution in [0.1, 0.15) is 17.7 Å². The Labute approximate surface area is 217 Å². The largest absolute Gasteiger partial charge is 0.508 e. The number of phenols is 1. The third-order valence-electron chi connectivity index (χ3n) is 5.38. The number of carbonyl (C=O) groups excluding carboxylic acids is 3. The van der Waals surface area contributed by atoms with Gasteiger partial charge in [-0.1, -0.05) is 12.1 Å². The van der Waals surface area contributed by atoms with Crippen molar-refractivity contribution < 1.29 is 34.5 Å². The Morgan fingerprint density at radius 1 is 1.00 bits per heavy atom. The molecule has 0 fully saturated rings. The molecule has 0 aliphatic heterocycles. The molecule has 1 aromatic heterocycles. The molecule has 4 atom stereocenters. The van der Waals surface area contributed by atoms with Gasteiger partial charge in [0, 0.05) is 24.7 Å². The first-order valence-electron chi connectivity index (χ1n) is 11.4. The number of aromatic nitrogens is 2. The van der Waals surface area contributed by atoms with Crippen LogP contribution in [0.3, 0.4) is 0 Å². The normalized spacial score (nSPS) is 14.1. The number of aromatic hydroxyl groups is 1. The van der Waals surface area contributed by atoms with Crippen LogP contribution in [0.2, 0.25) is 0 Å². The minimum absolute atomic E-state index is 0.00585. The molecule has 0 aliphatic carbocycles. The molecule has 0 saturated heterocycles. The molecule has 2 aromatic rings. The Bertz CT molecular complexity index is 1030. The van der Waals surface area contributed by atoms with Gasteiger partial charge >= 0.3 is 5.97 Å². The summed E-state index contributed by atoms with van der Waals surface area (Å²) in [4.78, 5) is 56.7. The van der Waals surface area contributed by atoms with Crippen molar-refractivity contribution in [2.24, 2.45) is 5.73 Å². The third-order valence-corrected chi connectivity index (χ3v) is 6.03. The fraction of sp³-hybridized carbons (Fsp3) is 0.435. The topological polar surface area (TPSA) is 220 Å². The smallest absolute Gasteiger partial charge is 0.326 e. The Hall–Kier alpha value is -3.62. The molecular formula is C23H32N6O7S. The van der Waals surface area contributed by atoms with Crippen LogP contribution in [0.5, 0.6) is 5.75 Å². The number of aliphatic hydroxyl groups excluding tert-OH is 1. The van der Waals surface area contributed by atoms with Gasteiger partial charge in [-0.05, 0) is 36.1 Å². The number of aliphatic hydroxyl groups is 1. The zero-order chi connectivity index (χ0) is 27.4. The van der Waals surface area contributed by atoms with Crippen LogP contribution in [0.4, 0.5) is 0 Å². The van der Waals surface area contributed by atoms with E-state index < -0.39 is 54.5 Å². The van der Waals surface area contributed by atoms with Gasteiger partial charge in [0.15, 0.2) is 0 Å². The lowest BCUT2D eigenvalue weighted by atomic mass is 10.0. The molecule has 2 rings (SSSR count). The Kier molecular flexibility index (Phi) is 11.9. The quantitative estimate of drug-likeness (QED) is 0.132. The molecule has 37 heavy (non-hydrogen) atoms. The summed E-state index contributed by atoms with van der Waals surface area (Å²) in [6.07, 6.45) is 4.98. The van der Waals surface area contributed by atoms with E-state index in [0.717, 1.165) is 0 Å². The van der Waals surface area contributed by atoms with Gasteiger partial charge in [-0.2, -0.15) is 11.8 Å². The Balaban J connectivity index is 2.13. The Morgan fingerprint density at radius 3 is 2.19 bits per heavy atom. The average molecular weight is 537 g/mol. The molecule has 14 heteroatoms. The van der Waals surface area contributed by atoms with E-state index in [1.165, 1.54) is 36.4 Å². The predicted molar refractivity (Wildman–Crippen MR) is 136 cm³/mol. The number of rotatable bonds is 15. The average Bonchev–Trinajstić information content (AvgIpc) is 3.38. The number of hydrogen-bond donors (Lipinski definition) is 8. The predicted octanol–water partition coefficient (Wildman–Crippen LogP) is -1.49. The van der Waals surface area contributed by atoms with E-state index in [-0.39, 0.29) is 25.0 Å². The number of H-pyrrole nitrogens is 1. The first kappa shape index (κ1) is 29.6. The highest BCUT2D eigenvalue weighted by atomic mass is 32.2. The number of carbonyl (C=O) groups is 4. The number of nitrogens with two attached hydrogens (primary N) is 1. The van der Waals surface area contributed by atoms with Gasteiger partial charge < -0.3 is 42.0 Å². The van der Waals surface area contributed by atoms with Crippen molar-refractivity contribution in [2.75, 3.05) is 18.6 Å². The van der Waals surface area contributed by atoms with Gasteiger partial charge in [0.2, 0.25) is 17.7 Å². The summed E-state index contributed by atoms with van der Waals surface area (Å²) < 4.78 is 0. The molecule has 0 radical (unpaired) electrons. The number of carboxylic acids is 1. The molecule has 4 unspecified atom stereocenters. The minimum atomic E-state index is -1.41. The number of carboxylic acid groups (broad SMARTS) is 1. The van der Waals surface area contributed by atoms with Gasteiger partial charge in [-0.15, -0.1) is 0 Å². The summed E-state index contributed by atoms with van der Waals surface area (Å²) in [6.45, 7) is -0.770. The van der Waals surface area contributed by atoms with Gasteiger partial charge in [-0.25, -0.2) is 9.78 Å². The van der Waals surface area contributed by atoms with Crippen LogP contribution >= 0.6 is 11.8 Å². The zero-order valence-electron chi connectivity index (χ0n) is 20.2. The van der Waals surface area contributed by atoms with Gasteiger partial charge in [0.25, 0.3) is 0 Å². The summed E-state index contributed by atoms with van der Waals surface area (Å²) >= 11 is 1.42. The highest BCUT2D eigenvalue weighted by Crippen LogP contribution is 2.12. The lowest BCUT2D eigenvalue weighted by Gasteiger charge is -2.24. The molecule has 3 amide bonds. The molecule has 1 aromatic carbocycles. The van der Waals surface area contributed by atoms with Crippen molar-refractivity contribution in [1.29, 1.82) is 0 Å². The number of nitrogens with zero attached hydrogens (tertiary/aromatic N) is 1. The standard InChI is InChI=1S/C23H32N6O7S/c1-37-7-6-17(23(35)36)27-21(33)18(8-13-2-4-15(31)5-3-13)28-22(34)19(11-30)29-20(32)16(24)9-14-10-25-12-26-14/h2-5,10,12,16-19,30-31H,6-9,11,24H2,1H3,(H,25,26)(H,27,33)(H,28,34)(H,29,32)(H,35,36). The van der Waals surface area contributed by atoms with Crippen molar-refractivity contribution in [3.8, 4) is 5.75 Å². The van der Waals surface area contributed by atoms with Gasteiger partial charge in [0.1, 0.15) is 23.9 Å². The lowest BCUT2D eigenvalue weighted by molar-refractivity contribution is -0.142. The van der Waals surface area contributed by atoms with Crippen LogP contribution < -0.4 is 21.7 Å². The highest BCUT2D eigenvalue weighted by molar-refractivity contribution is 7.98. The maximum Gasteiger partial charge on any atom is 0.326 e. The van der Waals surface area contributed by atoms with E-state index in [4.69, 9.17) is 5.73 Å². The van der Waals surface area contributed by atoms with E-state index in [0.29, 0.717) is 17.0 Å². The molecule has 0 bridgehead atoms. The van der Waals surface area contributed by atoms with Gasteiger partial charge in [-0.3, -0.25) is 14.4 Å². The fourth-order valence-corrected chi connectivity index (χ4v) is 3.78. The number of aromatic amines is 1. The van der Waals surface area contributed by atoms with Crippen molar-refractivity contribution in [3.05, 3.63) is 48.0 Å². The van der Waals surface area contributed by atoms with Crippen molar-refractivity contribution in [1.82, 2.24) is 25.9 Å². The van der Waals surface area contributed by atoms with E-state index in [2.05, 4.69) is 25.9 Å². The number of phenolic OH excluding ortho intramolecular Hbond substituents is 1. The molecule has 0 saturated carbocycles. The molecule has 0 aliphatic rings. The summed E-state index contributed by atoms with van der Waals surface area (Å²) in [6, 6.07) is 1.04. The molecule has 1 heterocycles. The summed E-state index contributed by atoms with van der Waals surface area (Å²) in [5.74, 6) is -3.04. The van der Waals surface area contributed by atoms with Crippen molar-refractivity contribution in [2.45, 2.75) is 43.4 Å². The molecule has 202 valence electrons. The third kappa shape index (κ3) is 9.74. The van der Waals surface area contributed by atoms with Gasteiger partial charge in [0.05, 0.1) is 19.0 Å². The summed E-state index contributed by atoms with van der Waals surface area (Å²) in [5, 5.41) is 36.0. The minimum Gasteiger partial charge on any atom is -0.508 e. The lowest BCUT2D eigenvalue weighted by Crippen LogP contribution is -2.58. The summed E-state index contributed by atoms with van der Waals surface area (Å²) in [7, 11) is 0. The molecule has 0 spiro atoms. The second-order valence-corrected chi connectivity index (χ2v) is 9.23. The maximum absolute atomic E-state index is 13.0. The highest BCUT2D eigenvalue weighted by Gasteiger charge is 2.30. The zero-order valence-corrected chi connectivity index (χ0v) is 21.0. The fourth-order valence-electron chi connectivity index (χ4n) is 3.31. The molecule has 13 nitrogen and oxygen atoms in total. The van der Waals surface area contributed by atoms with Crippen LogP contribution in [-0.4, -0.2) is 91.8 Å².